The van der Waals surface area contributed by atoms with Gasteiger partial charge in [-0.15, -0.1) is 0 Å². The summed E-state index contributed by atoms with van der Waals surface area (Å²) >= 11 is 0. The molecule has 0 aromatic carbocycles. The third kappa shape index (κ3) is 10.4. The minimum atomic E-state index is -1.05. The Kier molecular flexibility index (Phi) is 14.5. The van der Waals surface area contributed by atoms with E-state index in [1.807, 2.05) is 6.92 Å². The fourth-order valence-corrected chi connectivity index (χ4v) is 8.13. The highest BCUT2D eigenvalue weighted by molar-refractivity contribution is 4.89. The Bertz CT molecular complexity index is 1130. The van der Waals surface area contributed by atoms with E-state index >= 15 is 0 Å². The maximum atomic E-state index is 11.0. The van der Waals surface area contributed by atoms with Crippen molar-refractivity contribution in [2.75, 3.05) is 0 Å². The molecule has 6 aliphatic heterocycles. The van der Waals surface area contributed by atoms with Crippen LogP contribution in [0.1, 0.15) is 92.9 Å². The zero-order chi connectivity index (χ0) is 38.1. The normalized spacial score (nSPS) is 53.0. The van der Waals surface area contributed by atoms with Gasteiger partial charge in [0.05, 0.1) is 73.2 Å². The molecule has 308 valence electrons. The molecule has 17 nitrogen and oxygen atoms in total. The standard InChI is InChI=1S/C36H62O17/c1-15-21(37)7-9-28(44-15)50-25-13-32(47-18(4)34(25)41)52-26-14-31(46-19(5)35(26)42)49-23-8-10-29(45-16(23)2)53-36-20(6)48-30(11-22(36)38)51-24-12-27(39)43-17(3)33(24)40/h15-42H,7-14H2,1-6H3/t15-,16-,17+,18+,19+,20+,21-,22+,23-,24+,25+,26+,27+,28-,29-,30-,31-,32-,33+,34+,35+,36+/m0/s1. The molecule has 0 radical (unpaired) electrons. The minimum absolute atomic E-state index is 0.0878. The van der Waals surface area contributed by atoms with Gasteiger partial charge in [0.15, 0.2) is 37.7 Å². The molecule has 53 heavy (non-hydrogen) atoms. The van der Waals surface area contributed by atoms with Gasteiger partial charge in [-0.25, -0.2) is 0 Å². The molecule has 0 aromatic rings. The lowest BCUT2D eigenvalue weighted by Gasteiger charge is -2.45. The molecule has 0 amide bonds. The Labute approximate surface area is 310 Å². The molecule has 6 N–H and O–H groups in total. The number of hydrogen-bond donors (Lipinski definition) is 6. The first-order chi connectivity index (χ1) is 25.1. The van der Waals surface area contributed by atoms with Gasteiger partial charge in [-0.1, -0.05) is 0 Å². The average molecular weight is 767 g/mol. The predicted molar refractivity (Wildman–Crippen MR) is 180 cm³/mol. The molecular weight excluding hydrogens is 704 g/mol. The lowest BCUT2D eigenvalue weighted by atomic mass is 9.99. The Balaban J connectivity index is 0.959. The van der Waals surface area contributed by atoms with E-state index in [2.05, 4.69) is 0 Å². The van der Waals surface area contributed by atoms with Crippen molar-refractivity contribution < 1.29 is 82.7 Å². The summed E-state index contributed by atoms with van der Waals surface area (Å²) in [5.74, 6) is 0. The smallest absolute Gasteiger partial charge is 0.161 e. The second kappa shape index (κ2) is 18.3. The van der Waals surface area contributed by atoms with Crippen LogP contribution in [-0.2, 0) is 52.1 Å². The molecule has 0 unspecified atom stereocenters. The maximum Gasteiger partial charge on any atom is 0.161 e. The van der Waals surface area contributed by atoms with E-state index in [0.29, 0.717) is 25.7 Å². The van der Waals surface area contributed by atoms with E-state index in [1.54, 1.807) is 34.6 Å². The Morgan fingerprint density at radius 1 is 0.358 bits per heavy atom. The van der Waals surface area contributed by atoms with E-state index in [0.717, 1.165) is 0 Å². The first-order valence-corrected chi connectivity index (χ1v) is 19.4. The van der Waals surface area contributed by atoms with Gasteiger partial charge in [0.2, 0.25) is 0 Å². The lowest BCUT2D eigenvalue weighted by molar-refractivity contribution is -0.339. The van der Waals surface area contributed by atoms with Crippen molar-refractivity contribution in [1.82, 2.24) is 0 Å². The van der Waals surface area contributed by atoms with Crippen LogP contribution in [0, 0.1) is 0 Å². The van der Waals surface area contributed by atoms with Gasteiger partial charge in [0.1, 0.15) is 24.4 Å². The highest BCUT2D eigenvalue weighted by Crippen LogP contribution is 2.35. The summed E-state index contributed by atoms with van der Waals surface area (Å²) in [6.45, 7) is 10.6. The zero-order valence-corrected chi connectivity index (χ0v) is 31.5. The van der Waals surface area contributed by atoms with Crippen molar-refractivity contribution in [3.8, 4) is 0 Å². The van der Waals surface area contributed by atoms with Crippen LogP contribution in [0.4, 0.5) is 0 Å². The largest absolute Gasteiger partial charge is 0.390 e. The molecule has 17 heteroatoms. The van der Waals surface area contributed by atoms with Gasteiger partial charge in [-0.3, -0.25) is 0 Å². The van der Waals surface area contributed by atoms with Gasteiger partial charge in [0, 0.05) is 38.5 Å². The number of rotatable bonds is 10. The summed E-state index contributed by atoms with van der Waals surface area (Å²) in [6, 6.07) is 0. The van der Waals surface area contributed by atoms with Crippen molar-refractivity contribution >= 4 is 0 Å². The molecule has 0 spiro atoms. The molecule has 6 fully saturated rings. The van der Waals surface area contributed by atoms with Crippen LogP contribution in [0.15, 0.2) is 0 Å². The molecule has 0 aliphatic carbocycles. The fraction of sp³-hybridized carbons (Fsp3) is 1.00. The minimum Gasteiger partial charge on any atom is -0.390 e. The Hall–Kier alpha value is -0.680. The van der Waals surface area contributed by atoms with Crippen LogP contribution in [0.5, 0.6) is 0 Å². The van der Waals surface area contributed by atoms with E-state index in [4.69, 9.17) is 52.1 Å². The molecular formula is C36H62O17. The zero-order valence-electron chi connectivity index (χ0n) is 31.5. The van der Waals surface area contributed by atoms with Gasteiger partial charge < -0.3 is 82.7 Å². The monoisotopic (exact) mass is 766 g/mol. The molecule has 0 aromatic heterocycles. The number of ether oxygens (including phenoxy) is 11. The van der Waals surface area contributed by atoms with Crippen molar-refractivity contribution in [1.29, 1.82) is 0 Å². The van der Waals surface area contributed by atoms with Crippen molar-refractivity contribution in [3.05, 3.63) is 0 Å². The lowest BCUT2D eigenvalue weighted by Crippen LogP contribution is -2.56. The summed E-state index contributed by atoms with van der Waals surface area (Å²) in [6.07, 6.45) is -12.1. The molecule has 6 saturated heterocycles. The van der Waals surface area contributed by atoms with Gasteiger partial charge >= 0.3 is 0 Å². The van der Waals surface area contributed by atoms with E-state index in [-0.39, 0.29) is 44.0 Å². The van der Waals surface area contributed by atoms with Gasteiger partial charge in [-0.2, -0.15) is 0 Å². The summed E-state index contributed by atoms with van der Waals surface area (Å²) < 4.78 is 66.2. The summed E-state index contributed by atoms with van der Waals surface area (Å²) in [5.41, 5.74) is 0. The second-order valence-corrected chi connectivity index (χ2v) is 15.7. The number of aliphatic hydroxyl groups is 6. The van der Waals surface area contributed by atoms with Crippen LogP contribution in [0.2, 0.25) is 0 Å². The Morgan fingerprint density at radius 3 is 1.36 bits per heavy atom. The highest BCUT2D eigenvalue weighted by Gasteiger charge is 2.46. The van der Waals surface area contributed by atoms with Crippen molar-refractivity contribution in [2.24, 2.45) is 0 Å². The van der Waals surface area contributed by atoms with Crippen LogP contribution < -0.4 is 0 Å². The average Bonchev–Trinajstić information content (AvgIpc) is 3.08. The first kappa shape index (κ1) is 41.9. The van der Waals surface area contributed by atoms with E-state index in [1.165, 1.54) is 0 Å². The molecule has 6 rings (SSSR count). The molecule has 0 bridgehead atoms. The topological polar surface area (TPSA) is 223 Å². The SMILES string of the molecule is C[C@@H]1O[C@@H](O[C@H]2[C@H](O)C[C@H](O[C@@H]3C[C@H](O)O[C@H](C)[C@H]3O)O[C@@H]2C)CC[C@@H]1O[C@H]1C[C@@H](O[C@H]2C[C@@H](O[C@H]3CC[C@H](O)[C@H](C)O3)[C@H](O)[C@@H](C)O2)[C@H](O)[C@@H](C)O1. The third-order valence-corrected chi connectivity index (χ3v) is 11.4. The van der Waals surface area contributed by atoms with Crippen LogP contribution in [-0.4, -0.2) is 166 Å². The first-order valence-electron chi connectivity index (χ1n) is 19.4. The summed E-state index contributed by atoms with van der Waals surface area (Å²) in [5, 5.41) is 63.2. The van der Waals surface area contributed by atoms with Crippen molar-refractivity contribution in [3.63, 3.8) is 0 Å². The van der Waals surface area contributed by atoms with Crippen LogP contribution in [0.3, 0.4) is 0 Å². The third-order valence-electron chi connectivity index (χ3n) is 11.4. The van der Waals surface area contributed by atoms with Crippen molar-refractivity contribution in [2.45, 2.75) is 228 Å². The quantitative estimate of drug-likeness (QED) is 0.176. The van der Waals surface area contributed by atoms with Gasteiger partial charge in [0.25, 0.3) is 0 Å². The second-order valence-electron chi connectivity index (χ2n) is 15.7. The number of aliphatic hydroxyl groups excluding tert-OH is 6. The molecule has 6 aliphatic rings. The molecule has 0 saturated carbocycles. The highest BCUT2D eigenvalue weighted by atomic mass is 16.8. The summed E-state index contributed by atoms with van der Waals surface area (Å²) in [7, 11) is 0. The Morgan fingerprint density at radius 2 is 0.792 bits per heavy atom. The van der Waals surface area contributed by atoms with E-state index < -0.39 is 117 Å². The molecule has 22 atom stereocenters. The number of hydrogen-bond acceptors (Lipinski definition) is 17. The fourth-order valence-electron chi connectivity index (χ4n) is 8.13. The maximum absolute atomic E-state index is 11.0. The molecule has 6 heterocycles. The van der Waals surface area contributed by atoms with E-state index in [9.17, 15) is 30.6 Å². The van der Waals surface area contributed by atoms with Crippen LogP contribution in [0.25, 0.3) is 0 Å². The summed E-state index contributed by atoms with van der Waals surface area (Å²) in [4.78, 5) is 0. The van der Waals surface area contributed by atoms with Gasteiger partial charge in [-0.05, 0) is 54.4 Å². The predicted octanol–water partition coefficient (Wildman–Crippen LogP) is 0.299. The van der Waals surface area contributed by atoms with Crippen LogP contribution >= 0.6 is 0 Å².